The molecule has 6 nitrogen and oxygen atoms in total. The van der Waals surface area contributed by atoms with Crippen LogP contribution in [-0.2, 0) is 4.84 Å². The molecule has 0 spiro atoms. The predicted octanol–water partition coefficient (Wildman–Crippen LogP) is 0.282. The number of nitrogens with zero attached hydrogens (tertiary/aromatic N) is 4. The second-order valence-corrected chi connectivity index (χ2v) is 2.74. The van der Waals surface area contributed by atoms with E-state index in [-0.39, 0.29) is 0 Å². The first kappa shape index (κ1) is 8.03. The van der Waals surface area contributed by atoms with Gasteiger partial charge >= 0.3 is 6.01 Å². The van der Waals surface area contributed by atoms with Crippen molar-refractivity contribution < 1.29 is 9.36 Å². The van der Waals surface area contributed by atoms with E-state index in [1.165, 1.54) is 6.33 Å². The number of hydrogen-bond acceptors (Lipinski definition) is 6. The zero-order chi connectivity index (χ0) is 9.10. The third-order valence-corrected chi connectivity index (χ3v) is 1.88. The highest BCUT2D eigenvalue weighted by atomic mass is 16.6. The third-order valence-electron chi connectivity index (χ3n) is 1.88. The van der Waals surface area contributed by atoms with Gasteiger partial charge in [0.25, 0.3) is 0 Å². The smallest absolute Gasteiger partial charge is 0.324 e. The van der Waals surface area contributed by atoms with Gasteiger partial charge < -0.3 is 14.3 Å². The third kappa shape index (κ3) is 1.61. The lowest BCUT2D eigenvalue weighted by Gasteiger charge is -2.08. The lowest BCUT2D eigenvalue weighted by molar-refractivity contribution is 0.212. The molecule has 0 atom stereocenters. The summed E-state index contributed by atoms with van der Waals surface area (Å²) in [5, 5.41) is 7.41. The van der Waals surface area contributed by atoms with Gasteiger partial charge in [-0.3, -0.25) is 0 Å². The van der Waals surface area contributed by atoms with E-state index in [4.69, 9.17) is 4.52 Å². The van der Waals surface area contributed by atoms with Crippen LogP contribution in [0.1, 0.15) is 6.42 Å². The second-order valence-electron chi connectivity index (χ2n) is 2.74. The number of aromatic nitrogens is 2. The van der Waals surface area contributed by atoms with Crippen molar-refractivity contribution in [2.45, 2.75) is 6.42 Å². The first-order valence-electron chi connectivity index (χ1n) is 4.00. The summed E-state index contributed by atoms with van der Waals surface area (Å²) in [6.07, 6.45) is 2.27. The Morgan fingerprint density at radius 3 is 3.31 bits per heavy atom. The summed E-state index contributed by atoms with van der Waals surface area (Å²) in [4.78, 5) is 10.6. The minimum Gasteiger partial charge on any atom is -0.399 e. The van der Waals surface area contributed by atoms with Crippen molar-refractivity contribution in [3.63, 3.8) is 0 Å². The molecule has 13 heavy (non-hydrogen) atoms. The van der Waals surface area contributed by atoms with E-state index in [1.807, 2.05) is 4.90 Å². The molecule has 6 heteroatoms. The fraction of sp³-hybridized carbons (Fsp3) is 0.571. The molecule has 1 fully saturated rings. The van der Waals surface area contributed by atoms with Crippen LogP contribution in [-0.4, -0.2) is 36.1 Å². The molecule has 0 aliphatic carbocycles. The first-order valence-corrected chi connectivity index (χ1v) is 4.00. The fourth-order valence-corrected chi connectivity index (χ4v) is 1.32. The van der Waals surface area contributed by atoms with Crippen molar-refractivity contribution in [3.8, 4) is 0 Å². The average molecular weight is 182 g/mol. The molecule has 0 saturated carbocycles. The van der Waals surface area contributed by atoms with Crippen LogP contribution in [0.15, 0.2) is 16.0 Å². The van der Waals surface area contributed by atoms with Crippen molar-refractivity contribution in [2.75, 3.05) is 25.1 Å². The molecular weight excluding hydrogens is 172 g/mol. The SMILES string of the molecule is CON=C1CCN(c2ncno2)C1. The van der Waals surface area contributed by atoms with E-state index in [0.717, 1.165) is 18.7 Å². The monoisotopic (exact) mass is 182 g/mol. The van der Waals surface area contributed by atoms with Crippen LogP contribution in [0.4, 0.5) is 6.01 Å². The van der Waals surface area contributed by atoms with Gasteiger partial charge in [0.05, 0.1) is 12.3 Å². The summed E-state index contributed by atoms with van der Waals surface area (Å²) in [6.45, 7) is 1.56. The highest BCUT2D eigenvalue weighted by molar-refractivity contribution is 5.91. The molecule has 0 amide bonds. The van der Waals surface area contributed by atoms with Crippen LogP contribution in [0, 0.1) is 0 Å². The van der Waals surface area contributed by atoms with E-state index in [9.17, 15) is 0 Å². The predicted molar refractivity (Wildman–Crippen MR) is 45.6 cm³/mol. The molecule has 1 saturated heterocycles. The Morgan fingerprint density at radius 1 is 1.69 bits per heavy atom. The van der Waals surface area contributed by atoms with Crippen LogP contribution >= 0.6 is 0 Å². The molecule has 70 valence electrons. The summed E-state index contributed by atoms with van der Waals surface area (Å²) in [5.74, 6) is 0. The van der Waals surface area contributed by atoms with E-state index in [0.29, 0.717) is 12.6 Å². The lowest BCUT2D eigenvalue weighted by atomic mass is 10.3. The molecular formula is C7H10N4O2. The minimum atomic E-state index is 0.543. The maximum Gasteiger partial charge on any atom is 0.324 e. The minimum absolute atomic E-state index is 0.543. The lowest BCUT2D eigenvalue weighted by Crippen LogP contribution is -2.19. The molecule has 2 rings (SSSR count). The maximum atomic E-state index is 4.91. The van der Waals surface area contributed by atoms with Gasteiger partial charge in [-0.1, -0.05) is 10.3 Å². The van der Waals surface area contributed by atoms with Crippen molar-refractivity contribution in [1.29, 1.82) is 0 Å². The van der Waals surface area contributed by atoms with Crippen LogP contribution < -0.4 is 4.90 Å². The number of anilines is 1. The average Bonchev–Trinajstić information content (AvgIpc) is 2.70. The van der Waals surface area contributed by atoms with E-state index in [1.54, 1.807) is 7.11 Å². The van der Waals surface area contributed by atoms with Gasteiger partial charge in [0.2, 0.25) is 0 Å². The van der Waals surface area contributed by atoms with Gasteiger partial charge in [-0.25, -0.2) is 0 Å². The normalized spacial score (nSPS) is 19.8. The Bertz CT molecular complexity index is 295. The highest BCUT2D eigenvalue weighted by Gasteiger charge is 2.22. The summed E-state index contributed by atoms with van der Waals surface area (Å²) >= 11 is 0. The van der Waals surface area contributed by atoms with Crippen LogP contribution in [0.5, 0.6) is 0 Å². The van der Waals surface area contributed by atoms with Gasteiger partial charge in [0, 0.05) is 13.0 Å². The zero-order valence-electron chi connectivity index (χ0n) is 7.30. The van der Waals surface area contributed by atoms with E-state index in [2.05, 4.69) is 20.1 Å². The Kier molecular flexibility index (Phi) is 2.11. The van der Waals surface area contributed by atoms with Gasteiger partial charge in [-0.15, -0.1) is 0 Å². The summed E-state index contributed by atoms with van der Waals surface area (Å²) in [6, 6.07) is 0.543. The number of rotatable bonds is 2. The second kappa shape index (κ2) is 3.42. The molecule has 0 aromatic carbocycles. The Labute approximate surface area is 75.2 Å². The van der Waals surface area contributed by atoms with Crippen LogP contribution in [0.3, 0.4) is 0 Å². The van der Waals surface area contributed by atoms with Crippen molar-refractivity contribution in [3.05, 3.63) is 6.33 Å². The maximum absolute atomic E-state index is 4.91. The Morgan fingerprint density at radius 2 is 2.62 bits per heavy atom. The van der Waals surface area contributed by atoms with Crippen LogP contribution in [0.2, 0.25) is 0 Å². The summed E-state index contributed by atoms with van der Waals surface area (Å²) < 4.78 is 4.91. The van der Waals surface area contributed by atoms with Gasteiger partial charge in [0.15, 0.2) is 6.33 Å². The molecule has 1 aromatic rings. The summed E-state index contributed by atoms with van der Waals surface area (Å²) in [7, 11) is 1.54. The van der Waals surface area contributed by atoms with E-state index < -0.39 is 0 Å². The fourth-order valence-electron chi connectivity index (χ4n) is 1.32. The van der Waals surface area contributed by atoms with Gasteiger partial charge in [0.1, 0.15) is 7.11 Å². The molecule has 1 aliphatic heterocycles. The van der Waals surface area contributed by atoms with Gasteiger partial charge in [-0.05, 0) is 0 Å². The van der Waals surface area contributed by atoms with Crippen molar-refractivity contribution >= 4 is 11.7 Å². The standard InChI is InChI=1S/C7H10N4O2/c1-12-10-6-2-3-11(4-6)7-8-5-9-13-7/h5H,2-4H2,1H3. The highest BCUT2D eigenvalue weighted by Crippen LogP contribution is 2.14. The number of oxime groups is 1. The quantitative estimate of drug-likeness (QED) is 0.615. The van der Waals surface area contributed by atoms with Gasteiger partial charge in [-0.2, -0.15) is 4.98 Å². The van der Waals surface area contributed by atoms with Crippen LogP contribution in [0.25, 0.3) is 0 Å². The molecule has 0 unspecified atom stereocenters. The van der Waals surface area contributed by atoms with E-state index >= 15 is 0 Å². The Balaban J connectivity index is 2.03. The number of hydrogen-bond donors (Lipinski definition) is 0. The van der Waals surface area contributed by atoms with Crippen molar-refractivity contribution in [2.24, 2.45) is 5.16 Å². The Hall–Kier alpha value is -1.59. The molecule has 1 aliphatic rings. The molecule has 0 radical (unpaired) electrons. The molecule has 0 N–H and O–H groups in total. The molecule has 2 heterocycles. The van der Waals surface area contributed by atoms with Crippen molar-refractivity contribution in [1.82, 2.24) is 10.1 Å². The zero-order valence-corrected chi connectivity index (χ0v) is 7.30. The largest absolute Gasteiger partial charge is 0.399 e. The topological polar surface area (TPSA) is 63.8 Å². The summed E-state index contributed by atoms with van der Waals surface area (Å²) in [5.41, 5.74) is 1.00. The molecule has 1 aromatic heterocycles. The molecule has 0 bridgehead atoms. The first-order chi connectivity index (χ1) is 6.40.